The lowest BCUT2D eigenvalue weighted by Crippen LogP contribution is -1.96. The number of halogens is 1. The Labute approximate surface area is 93.8 Å². The molecule has 15 heavy (non-hydrogen) atoms. The molecule has 1 heterocycles. The minimum atomic E-state index is -0.728. The van der Waals surface area contributed by atoms with Gasteiger partial charge in [0.2, 0.25) is 0 Å². The topological polar surface area (TPSA) is 69.4 Å². The highest BCUT2D eigenvalue weighted by Crippen LogP contribution is 2.24. The Morgan fingerprint density at radius 2 is 1.87 bits per heavy atom. The van der Waals surface area contributed by atoms with E-state index in [1.165, 1.54) is 0 Å². The minimum absolute atomic E-state index is 0.136. The highest BCUT2D eigenvalue weighted by Gasteiger charge is 2.12. The van der Waals surface area contributed by atoms with Gasteiger partial charge in [0.25, 0.3) is 0 Å². The van der Waals surface area contributed by atoms with Crippen LogP contribution in [0.25, 0.3) is 11.3 Å². The van der Waals surface area contributed by atoms with Crippen molar-refractivity contribution in [3.8, 4) is 11.3 Å². The lowest BCUT2D eigenvalue weighted by molar-refractivity contribution is 0.376. The molecule has 0 fully saturated rings. The number of rotatable bonds is 2. The van der Waals surface area contributed by atoms with Crippen molar-refractivity contribution in [2.45, 2.75) is 6.54 Å². The summed E-state index contributed by atoms with van der Waals surface area (Å²) in [5.41, 5.74) is 6.20. The van der Waals surface area contributed by atoms with Crippen molar-refractivity contribution >= 4 is 15.9 Å². The Morgan fingerprint density at radius 1 is 1.20 bits per heavy atom. The van der Waals surface area contributed by atoms with Crippen LogP contribution in [0.4, 0.5) is 0 Å². The Balaban J connectivity index is 2.53. The van der Waals surface area contributed by atoms with Crippen LogP contribution in [-0.2, 0) is 6.54 Å². The predicted molar refractivity (Wildman–Crippen MR) is 58.3 cm³/mol. The molecule has 0 radical (unpaired) electrons. The zero-order valence-electron chi connectivity index (χ0n) is 7.70. The molecular weight excluding hydrogens is 262 g/mol. The maximum Gasteiger partial charge on any atom is 0.519 e. The van der Waals surface area contributed by atoms with Crippen molar-refractivity contribution in [2.24, 2.45) is 5.73 Å². The lowest BCUT2D eigenvalue weighted by atomic mass is 10.1. The van der Waals surface area contributed by atoms with Gasteiger partial charge in [-0.1, -0.05) is 15.9 Å². The molecule has 1 aromatic carbocycles. The fourth-order valence-electron chi connectivity index (χ4n) is 1.26. The number of hydrogen-bond donors (Lipinski definition) is 1. The average Bonchev–Trinajstić information content (AvgIpc) is 2.61. The highest BCUT2D eigenvalue weighted by molar-refractivity contribution is 9.10. The summed E-state index contributed by atoms with van der Waals surface area (Å²) in [5, 5.41) is 0. The number of hydrogen-bond acceptors (Lipinski definition) is 4. The quantitative estimate of drug-likeness (QED) is 0.907. The second-order valence-corrected chi connectivity index (χ2v) is 3.83. The van der Waals surface area contributed by atoms with E-state index in [-0.39, 0.29) is 6.54 Å². The molecule has 0 spiro atoms. The Bertz CT molecular complexity index is 512. The van der Waals surface area contributed by atoms with E-state index in [9.17, 15) is 4.79 Å². The maximum absolute atomic E-state index is 10.9. The van der Waals surface area contributed by atoms with Gasteiger partial charge in [-0.25, -0.2) is 4.79 Å². The van der Waals surface area contributed by atoms with Crippen molar-refractivity contribution in [1.29, 1.82) is 0 Å². The molecule has 0 amide bonds. The zero-order valence-corrected chi connectivity index (χ0v) is 9.28. The minimum Gasteiger partial charge on any atom is -0.394 e. The zero-order chi connectivity index (χ0) is 10.8. The van der Waals surface area contributed by atoms with Crippen molar-refractivity contribution in [1.82, 2.24) is 0 Å². The van der Waals surface area contributed by atoms with Crippen LogP contribution in [0.15, 0.2) is 42.4 Å². The van der Waals surface area contributed by atoms with Crippen molar-refractivity contribution in [2.75, 3.05) is 0 Å². The van der Waals surface area contributed by atoms with E-state index in [1.54, 1.807) is 0 Å². The molecule has 2 rings (SSSR count). The molecule has 0 aliphatic carbocycles. The SMILES string of the molecule is NCc1oc(=O)oc1-c1ccc(Br)cc1. The third kappa shape index (κ3) is 2.03. The number of nitrogens with two attached hydrogens (primary N) is 1. The molecule has 0 aliphatic rings. The van der Waals surface area contributed by atoms with E-state index in [0.717, 1.165) is 10.0 Å². The van der Waals surface area contributed by atoms with Crippen LogP contribution in [0.5, 0.6) is 0 Å². The summed E-state index contributed by atoms with van der Waals surface area (Å²) >= 11 is 3.32. The third-order valence-electron chi connectivity index (χ3n) is 1.94. The molecule has 0 bridgehead atoms. The molecule has 0 unspecified atom stereocenters. The van der Waals surface area contributed by atoms with Crippen molar-refractivity contribution < 1.29 is 8.83 Å². The van der Waals surface area contributed by atoms with Gasteiger partial charge >= 0.3 is 5.82 Å². The highest BCUT2D eigenvalue weighted by atomic mass is 79.9. The van der Waals surface area contributed by atoms with E-state index >= 15 is 0 Å². The second-order valence-electron chi connectivity index (χ2n) is 2.92. The van der Waals surface area contributed by atoms with Crippen LogP contribution in [0.2, 0.25) is 0 Å². The lowest BCUT2D eigenvalue weighted by Gasteiger charge is -1.97. The Morgan fingerprint density at radius 3 is 2.47 bits per heavy atom. The van der Waals surface area contributed by atoms with Crippen LogP contribution >= 0.6 is 15.9 Å². The summed E-state index contributed by atoms with van der Waals surface area (Å²) in [6.07, 6.45) is 0. The number of benzene rings is 1. The van der Waals surface area contributed by atoms with Crippen LogP contribution in [0, 0.1) is 0 Å². The summed E-state index contributed by atoms with van der Waals surface area (Å²) in [7, 11) is 0. The van der Waals surface area contributed by atoms with Gasteiger partial charge in [-0.2, -0.15) is 0 Å². The van der Waals surface area contributed by atoms with Gasteiger partial charge in [-0.3, -0.25) is 0 Å². The monoisotopic (exact) mass is 269 g/mol. The normalized spacial score (nSPS) is 10.5. The first-order valence-corrected chi connectivity index (χ1v) is 5.09. The van der Waals surface area contributed by atoms with Crippen LogP contribution in [0.3, 0.4) is 0 Å². The van der Waals surface area contributed by atoms with E-state index in [2.05, 4.69) is 15.9 Å². The summed E-state index contributed by atoms with van der Waals surface area (Å²) < 4.78 is 10.7. The summed E-state index contributed by atoms with van der Waals surface area (Å²) in [5.74, 6) is 0.0330. The third-order valence-corrected chi connectivity index (χ3v) is 2.47. The van der Waals surface area contributed by atoms with Gasteiger partial charge in [-0.15, -0.1) is 0 Å². The summed E-state index contributed by atoms with van der Waals surface area (Å²) in [4.78, 5) is 10.9. The fraction of sp³-hybridized carbons (Fsp3) is 0.100. The van der Waals surface area contributed by atoms with Crippen molar-refractivity contribution in [3.63, 3.8) is 0 Å². The van der Waals surface area contributed by atoms with E-state index in [4.69, 9.17) is 14.6 Å². The molecule has 5 heteroatoms. The first-order chi connectivity index (χ1) is 7.20. The summed E-state index contributed by atoms with van der Waals surface area (Å²) in [6, 6.07) is 7.33. The van der Waals surface area contributed by atoms with Crippen molar-refractivity contribution in [3.05, 3.63) is 45.1 Å². The van der Waals surface area contributed by atoms with Gasteiger partial charge in [0.05, 0.1) is 6.54 Å². The van der Waals surface area contributed by atoms with Gasteiger partial charge in [0.15, 0.2) is 11.5 Å². The molecule has 0 atom stereocenters. The summed E-state index contributed by atoms with van der Waals surface area (Å²) in [6.45, 7) is 0.136. The maximum atomic E-state index is 10.9. The van der Waals surface area contributed by atoms with Gasteiger partial charge in [0.1, 0.15) is 0 Å². The molecule has 78 valence electrons. The predicted octanol–water partition coefficient (Wildman–Crippen LogP) is 2.12. The fourth-order valence-corrected chi connectivity index (χ4v) is 1.53. The van der Waals surface area contributed by atoms with E-state index in [1.807, 2.05) is 24.3 Å². The standard InChI is InChI=1S/C10H8BrNO3/c11-7-3-1-6(2-4-7)9-8(5-12)14-10(13)15-9/h1-4H,5,12H2. The molecule has 0 aliphatic heterocycles. The molecule has 1 aromatic heterocycles. The molecule has 0 saturated heterocycles. The van der Waals surface area contributed by atoms with Gasteiger partial charge < -0.3 is 14.6 Å². The van der Waals surface area contributed by atoms with Crippen LogP contribution < -0.4 is 11.6 Å². The first kappa shape index (κ1) is 10.2. The second kappa shape index (κ2) is 4.04. The molecule has 0 saturated carbocycles. The van der Waals surface area contributed by atoms with Gasteiger partial charge in [0, 0.05) is 10.0 Å². The molecule has 2 aromatic rings. The first-order valence-electron chi connectivity index (χ1n) is 4.29. The molecular formula is C10H8BrNO3. The molecule has 4 nitrogen and oxygen atoms in total. The van der Waals surface area contributed by atoms with E-state index < -0.39 is 5.82 Å². The van der Waals surface area contributed by atoms with E-state index in [0.29, 0.717) is 11.5 Å². The van der Waals surface area contributed by atoms with Gasteiger partial charge in [-0.05, 0) is 24.3 Å². The Hall–Kier alpha value is -1.33. The Kier molecular flexibility index (Phi) is 2.75. The molecule has 2 N–H and O–H groups in total. The van der Waals surface area contributed by atoms with Crippen LogP contribution in [0.1, 0.15) is 5.76 Å². The largest absolute Gasteiger partial charge is 0.519 e. The smallest absolute Gasteiger partial charge is 0.394 e. The van der Waals surface area contributed by atoms with Crippen LogP contribution in [-0.4, -0.2) is 0 Å². The average molecular weight is 270 g/mol.